The van der Waals surface area contributed by atoms with Crippen LogP contribution in [0.5, 0.6) is 0 Å². The predicted octanol–water partition coefficient (Wildman–Crippen LogP) is 1.85. The maximum absolute atomic E-state index is 9.63. The summed E-state index contributed by atoms with van der Waals surface area (Å²) in [5, 5.41) is 9.63. The average Bonchev–Trinajstić information content (AvgIpc) is 2.82. The van der Waals surface area contributed by atoms with Gasteiger partial charge in [0.25, 0.3) is 0 Å². The third-order valence-electron chi connectivity index (χ3n) is 2.62. The number of aliphatic hydroxyl groups is 1. The summed E-state index contributed by atoms with van der Waals surface area (Å²) in [5.41, 5.74) is 1.81. The van der Waals surface area contributed by atoms with E-state index in [1.807, 2.05) is 25.1 Å². The molecular formula is C11H15NO. The monoisotopic (exact) mass is 177 g/mol. The number of aromatic nitrogens is 1. The van der Waals surface area contributed by atoms with Gasteiger partial charge in [-0.05, 0) is 44.7 Å². The molecule has 1 aromatic heterocycles. The molecule has 2 rings (SSSR count). The molecule has 2 heteroatoms. The maximum atomic E-state index is 9.63. The Morgan fingerprint density at radius 1 is 1.46 bits per heavy atom. The molecule has 2 nitrogen and oxygen atoms in total. The smallest absolute Gasteiger partial charge is 0.0653 e. The minimum Gasteiger partial charge on any atom is -0.390 e. The van der Waals surface area contributed by atoms with E-state index in [4.69, 9.17) is 0 Å². The van der Waals surface area contributed by atoms with Crippen LogP contribution in [0.4, 0.5) is 0 Å². The topological polar surface area (TPSA) is 33.1 Å². The Labute approximate surface area is 78.6 Å². The fourth-order valence-electron chi connectivity index (χ4n) is 1.49. The number of nitrogens with zero attached hydrogens (tertiary/aromatic N) is 1. The highest BCUT2D eigenvalue weighted by Gasteiger charge is 2.39. The third-order valence-corrected chi connectivity index (χ3v) is 2.62. The van der Waals surface area contributed by atoms with Gasteiger partial charge in [-0.1, -0.05) is 6.07 Å². The van der Waals surface area contributed by atoms with Gasteiger partial charge >= 0.3 is 0 Å². The normalized spacial score (nSPS) is 18.6. The molecule has 0 spiro atoms. The minimum absolute atomic E-state index is 0.342. The molecule has 0 saturated heterocycles. The zero-order valence-electron chi connectivity index (χ0n) is 7.95. The van der Waals surface area contributed by atoms with Gasteiger partial charge in [0.15, 0.2) is 0 Å². The maximum Gasteiger partial charge on any atom is 0.0653 e. The summed E-state index contributed by atoms with van der Waals surface area (Å²) in [6.07, 6.45) is 3.71. The van der Waals surface area contributed by atoms with Gasteiger partial charge in [-0.3, -0.25) is 4.98 Å². The minimum atomic E-state index is -0.342. The third kappa shape index (κ3) is 2.28. The standard InChI is InChI=1S/C11H15NO/c1-9-3-2-4-10(12-9)5-6-11(13)7-8-11/h2-4,13H,5-8H2,1H3. The molecule has 0 amide bonds. The SMILES string of the molecule is Cc1cccc(CCC2(O)CC2)n1. The zero-order valence-corrected chi connectivity index (χ0v) is 7.95. The van der Waals surface area contributed by atoms with Crippen molar-refractivity contribution in [2.24, 2.45) is 0 Å². The van der Waals surface area contributed by atoms with Crippen molar-refractivity contribution in [2.45, 2.75) is 38.2 Å². The second-order valence-corrected chi connectivity index (χ2v) is 3.99. The Hall–Kier alpha value is -0.890. The molecule has 0 aromatic carbocycles. The van der Waals surface area contributed by atoms with Crippen molar-refractivity contribution < 1.29 is 5.11 Å². The molecule has 0 unspecified atom stereocenters. The molecule has 1 heterocycles. The predicted molar refractivity (Wildman–Crippen MR) is 51.5 cm³/mol. The summed E-state index contributed by atoms with van der Waals surface area (Å²) in [4.78, 5) is 4.39. The van der Waals surface area contributed by atoms with E-state index in [1.165, 1.54) is 0 Å². The quantitative estimate of drug-likeness (QED) is 0.764. The van der Waals surface area contributed by atoms with Crippen LogP contribution in [0.2, 0.25) is 0 Å². The van der Waals surface area contributed by atoms with Gasteiger partial charge in [-0.25, -0.2) is 0 Å². The lowest BCUT2D eigenvalue weighted by atomic mass is 10.1. The highest BCUT2D eigenvalue weighted by atomic mass is 16.3. The van der Waals surface area contributed by atoms with Crippen molar-refractivity contribution in [1.82, 2.24) is 4.98 Å². The molecule has 1 saturated carbocycles. The summed E-state index contributed by atoms with van der Waals surface area (Å²) in [6, 6.07) is 6.04. The molecule has 1 aliphatic rings. The fraction of sp³-hybridized carbons (Fsp3) is 0.545. The second kappa shape index (κ2) is 3.11. The van der Waals surface area contributed by atoms with E-state index in [0.717, 1.165) is 37.1 Å². The van der Waals surface area contributed by atoms with E-state index in [-0.39, 0.29) is 5.60 Å². The average molecular weight is 177 g/mol. The summed E-state index contributed by atoms with van der Waals surface area (Å²) in [6.45, 7) is 2.00. The van der Waals surface area contributed by atoms with Crippen LogP contribution in [0.3, 0.4) is 0 Å². The lowest BCUT2D eigenvalue weighted by molar-refractivity contribution is 0.140. The molecular weight excluding hydrogens is 162 g/mol. The number of hydrogen-bond acceptors (Lipinski definition) is 2. The Morgan fingerprint density at radius 3 is 2.85 bits per heavy atom. The van der Waals surface area contributed by atoms with Crippen LogP contribution >= 0.6 is 0 Å². The Bertz CT molecular complexity index is 305. The second-order valence-electron chi connectivity index (χ2n) is 3.99. The number of aryl methyl sites for hydroxylation is 2. The van der Waals surface area contributed by atoms with Crippen molar-refractivity contribution in [2.75, 3.05) is 0 Å². The molecule has 1 aliphatic carbocycles. The van der Waals surface area contributed by atoms with E-state index in [0.29, 0.717) is 0 Å². The summed E-state index contributed by atoms with van der Waals surface area (Å²) < 4.78 is 0. The molecule has 0 atom stereocenters. The van der Waals surface area contributed by atoms with E-state index in [1.54, 1.807) is 0 Å². The molecule has 0 radical (unpaired) electrons. The first-order valence-electron chi connectivity index (χ1n) is 4.83. The fourth-order valence-corrected chi connectivity index (χ4v) is 1.49. The largest absolute Gasteiger partial charge is 0.390 e. The van der Waals surface area contributed by atoms with Crippen LogP contribution in [0.25, 0.3) is 0 Å². The zero-order chi connectivity index (χ0) is 9.31. The lowest BCUT2D eigenvalue weighted by Gasteiger charge is -2.06. The molecule has 0 aliphatic heterocycles. The summed E-state index contributed by atoms with van der Waals surface area (Å²) in [7, 11) is 0. The van der Waals surface area contributed by atoms with Gasteiger partial charge in [-0.2, -0.15) is 0 Å². The van der Waals surface area contributed by atoms with Gasteiger partial charge in [0.2, 0.25) is 0 Å². The van der Waals surface area contributed by atoms with Crippen LogP contribution in [0.1, 0.15) is 30.7 Å². The van der Waals surface area contributed by atoms with Crippen LogP contribution in [0.15, 0.2) is 18.2 Å². The molecule has 1 N–H and O–H groups in total. The van der Waals surface area contributed by atoms with Crippen molar-refractivity contribution in [3.8, 4) is 0 Å². The van der Waals surface area contributed by atoms with Gasteiger partial charge in [0, 0.05) is 11.4 Å². The van der Waals surface area contributed by atoms with Gasteiger partial charge in [0.05, 0.1) is 5.60 Å². The van der Waals surface area contributed by atoms with Crippen LogP contribution in [0, 0.1) is 6.92 Å². The Morgan fingerprint density at radius 2 is 2.23 bits per heavy atom. The van der Waals surface area contributed by atoms with Gasteiger partial charge in [0.1, 0.15) is 0 Å². The van der Waals surface area contributed by atoms with Crippen LogP contribution in [-0.4, -0.2) is 15.7 Å². The van der Waals surface area contributed by atoms with Crippen molar-refractivity contribution in [1.29, 1.82) is 0 Å². The van der Waals surface area contributed by atoms with Crippen molar-refractivity contribution in [3.05, 3.63) is 29.6 Å². The summed E-state index contributed by atoms with van der Waals surface area (Å²) in [5.74, 6) is 0. The lowest BCUT2D eigenvalue weighted by Crippen LogP contribution is -2.08. The van der Waals surface area contributed by atoms with Crippen molar-refractivity contribution in [3.63, 3.8) is 0 Å². The molecule has 1 aromatic rings. The summed E-state index contributed by atoms with van der Waals surface area (Å²) >= 11 is 0. The molecule has 0 bridgehead atoms. The molecule has 1 fully saturated rings. The van der Waals surface area contributed by atoms with Crippen LogP contribution < -0.4 is 0 Å². The first kappa shape index (κ1) is 8.70. The Balaban J connectivity index is 1.94. The van der Waals surface area contributed by atoms with Gasteiger partial charge < -0.3 is 5.11 Å². The van der Waals surface area contributed by atoms with E-state index in [2.05, 4.69) is 4.98 Å². The first-order chi connectivity index (χ1) is 6.18. The first-order valence-corrected chi connectivity index (χ1v) is 4.83. The number of pyridine rings is 1. The highest BCUT2D eigenvalue weighted by molar-refractivity contribution is 5.11. The Kier molecular flexibility index (Phi) is 2.08. The van der Waals surface area contributed by atoms with E-state index < -0.39 is 0 Å². The molecule has 70 valence electrons. The van der Waals surface area contributed by atoms with E-state index in [9.17, 15) is 5.11 Å². The van der Waals surface area contributed by atoms with E-state index >= 15 is 0 Å². The molecule has 13 heavy (non-hydrogen) atoms. The van der Waals surface area contributed by atoms with Gasteiger partial charge in [-0.15, -0.1) is 0 Å². The number of rotatable bonds is 3. The van der Waals surface area contributed by atoms with Crippen LogP contribution in [-0.2, 0) is 6.42 Å². The van der Waals surface area contributed by atoms with Crippen molar-refractivity contribution >= 4 is 0 Å². The highest BCUT2D eigenvalue weighted by Crippen LogP contribution is 2.38. The number of hydrogen-bond donors (Lipinski definition) is 1.